The van der Waals surface area contributed by atoms with E-state index in [9.17, 15) is 4.79 Å². The van der Waals surface area contributed by atoms with E-state index in [0.717, 1.165) is 18.2 Å². The van der Waals surface area contributed by atoms with Gasteiger partial charge in [0, 0.05) is 17.9 Å². The first kappa shape index (κ1) is 13.2. The molecule has 0 unspecified atom stereocenters. The maximum Gasteiger partial charge on any atom is 0.344 e. The van der Waals surface area contributed by atoms with Crippen molar-refractivity contribution in [2.24, 2.45) is 0 Å². The fraction of sp³-hybridized carbons (Fsp3) is 0.231. The van der Waals surface area contributed by atoms with Crippen molar-refractivity contribution in [3.8, 4) is 11.3 Å². The van der Waals surface area contributed by atoms with E-state index in [2.05, 4.69) is 22.1 Å². The molecule has 0 bridgehead atoms. The number of amides is 1. The zero-order valence-corrected chi connectivity index (χ0v) is 12.4. The Kier molecular flexibility index (Phi) is 3.82. The summed E-state index contributed by atoms with van der Waals surface area (Å²) in [5.41, 5.74) is 2.41. The predicted octanol–water partition coefficient (Wildman–Crippen LogP) is -0.927. The average molecular weight is 325 g/mol. The number of nitrogens with zero attached hydrogens (tertiary/aromatic N) is 2. The maximum atomic E-state index is 11.5. The van der Waals surface area contributed by atoms with Gasteiger partial charge in [-0.25, -0.2) is 9.36 Å². The highest BCUT2D eigenvalue weighted by Gasteiger charge is 2.35. The Balaban J connectivity index is 0.00000120. The fourth-order valence-electron chi connectivity index (χ4n) is 2.18. The SMILES string of the molecule is CC(=O)N1CC[n+]2c(-c3ccccc3)csc21.[Br-]. The van der Waals surface area contributed by atoms with E-state index in [1.807, 2.05) is 23.1 Å². The zero-order chi connectivity index (χ0) is 11.8. The van der Waals surface area contributed by atoms with Gasteiger partial charge in [0.1, 0.15) is 18.8 Å². The molecule has 1 aliphatic rings. The van der Waals surface area contributed by atoms with Crippen LogP contribution in [0.15, 0.2) is 35.7 Å². The Bertz CT molecular complexity index is 568. The van der Waals surface area contributed by atoms with Crippen molar-refractivity contribution >= 4 is 22.4 Å². The molecule has 1 amide bonds. The molecule has 2 heterocycles. The summed E-state index contributed by atoms with van der Waals surface area (Å²) in [6.45, 7) is 3.31. The lowest BCUT2D eigenvalue weighted by molar-refractivity contribution is -0.655. The van der Waals surface area contributed by atoms with Crippen molar-refractivity contribution in [3.05, 3.63) is 35.7 Å². The van der Waals surface area contributed by atoms with Crippen LogP contribution in [0.5, 0.6) is 0 Å². The first-order chi connectivity index (χ1) is 8.27. The summed E-state index contributed by atoms with van der Waals surface area (Å²) in [6, 6.07) is 10.3. The minimum absolute atomic E-state index is 0. The van der Waals surface area contributed by atoms with Crippen LogP contribution in [0.2, 0.25) is 0 Å². The molecular weight excluding hydrogens is 312 g/mol. The summed E-state index contributed by atoms with van der Waals surface area (Å²) in [4.78, 5) is 13.3. The van der Waals surface area contributed by atoms with Gasteiger partial charge < -0.3 is 17.0 Å². The number of rotatable bonds is 1. The van der Waals surface area contributed by atoms with Crippen molar-refractivity contribution < 1.29 is 26.3 Å². The number of benzene rings is 1. The molecule has 0 radical (unpaired) electrons. The summed E-state index contributed by atoms with van der Waals surface area (Å²) in [5, 5.41) is 3.18. The first-order valence-electron chi connectivity index (χ1n) is 5.62. The topological polar surface area (TPSA) is 24.2 Å². The monoisotopic (exact) mass is 324 g/mol. The number of hydrogen-bond donors (Lipinski definition) is 0. The minimum Gasteiger partial charge on any atom is -1.00 e. The lowest BCUT2D eigenvalue weighted by Crippen LogP contribution is -3.00. The van der Waals surface area contributed by atoms with Crippen LogP contribution in [-0.2, 0) is 11.3 Å². The van der Waals surface area contributed by atoms with E-state index in [4.69, 9.17) is 0 Å². The number of aromatic nitrogens is 1. The molecule has 0 fully saturated rings. The normalized spacial score (nSPS) is 13.1. The Morgan fingerprint density at radius 3 is 2.72 bits per heavy atom. The van der Waals surface area contributed by atoms with Crippen molar-refractivity contribution in [2.75, 3.05) is 11.4 Å². The van der Waals surface area contributed by atoms with Crippen LogP contribution < -0.4 is 26.4 Å². The predicted molar refractivity (Wildman–Crippen MR) is 68.0 cm³/mol. The average Bonchev–Trinajstić information content (AvgIpc) is 2.89. The summed E-state index contributed by atoms with van der Waals surface area (Å²) in [7, 11) is 0. The van der Waals surface area contributed by atoms with Gasteiger partial charge in [-0.1, -0.05) is 41.7 Å². The molecule has 2 aromatic rings. The highest BCUT2D eigenvalue weighted by Crippen LogP contribution is 2.28. The van der Waals surface area contributed by atoms with Crippen LogP contribution in [0, 0.1) is 0 Å². The number of carbonyl (C=O) groups is 1. The fourth-order valence-corrected chi connectivity index (χ4v) is 3.33. The number of halogens is 1. The third kappa shape index (κ3) is 2.08. The van der Waals surface area contributed by atoms with Crippen LogP contribution >= 0.6 is 11.3 Å². The molecule has 0 N–H and O–H groups in total. The van der Waals surface area contributed by atoms with Gasteiger partial charge in [0.05, 0.1) is 0 Å². The molecule has 0 spiro atoms. The summed E-state index contributed by atoms with van der Waals surface area (Å²) in [6.07, 6.45) is 0. The van der Waals surface area contributed by atoms with Gasteiger partial charge >= 0.3 is 11.0 Å². The third-order valence-corrected chi connectivity index (χ3v) is 4.02. The van der Waals surface area contributed by atoms with E-state index in [-0.39, 0.29) is 22.9 Å². The number of carbonyl (C=O) groups excluding carboxylic acids is 1. The van der Waals surface area contributed by atoms with Crippen molar-refractivity contribution in [1.82, 2.24) is 0 Å². The molecule has 0 aliphatic carbocycles. The smallest absolute Gasteiger partial charge is 0.344 e. The number of thiazole rings is 1. The van der Waals surface area contributed by atoms with E-state index < -0.39 is 0 Å². The van der Waals surface area contributed by atoms with Gasteiger partial charge in [0.15, 0.2) is 0 Å². The highest BCUT2D eigenvalue weighted by molar-refractivity contribution is 7.13. The molecule has 1 aromatic heterocycles. The van der Waals surface area contributed by atoms with Crippen molar-refractivity contribution in [1.29, 1.82) is 0 Å². The molecular formula is C13H13BrN2OS. The van der Waals surface area contributed by atoms with Gasteiger partial charge in [0.2, 0.25) is 0 Å². The molecule has 5 heteroatoms. The van der Waals surface area contributed by atoms with Crippen LogP contribution in [0.3, 0.4) is 0 Å². The lowest BCUT2D eigenvalue weighted by atomic mass is 10.2. The summed E-state index contributed by atoms with van der Waals surface area (Å²) < 4.78 is 2.22. The first-order valence-corrected chi connectivity index (χ1v) is 6.50. The van der Waals surface area contributed by atoms with Gasteiger partial charge in [-0.3, -0.25) is 0 Å². The molecule has 94 valence electrons. The summed E-state index contributed by atoms with van der Waals surface area (Å²) >= 11 is 1.64. The Morgan fingerprint density at radius 2 is 2.06 bits per heavy atom. The van der Waals surface area contributed by atoms with Gasteiger partial charge in [-0.05, 0) is 0 Å². The zero-order valence-electron chi connectivity index (χ0n) is 9.97. The van der Waals surface area contributed by atoms with Gasteiger partial charge in [-0.15, -0.1) is 0 Å². The quantitative estimate of drug-likeness (QED) is 0.622. The van der Waals surface area contributed by atoms with Gasteiger partial charge in [-0.2, -0.15) is 4.90 Å². The van der Waals surface area contributed by atoms with Crippen molar-refractivity contribution in [2.45, 2.75) is 13.5 Å². The number of hydrogen-bond acceptors (Lipinski definition) is 2. The van der Waals surface area contributed by atoms with Crippen molar-refractivity contribution in [3.63, 3.8) is 0 Å². The van der Waals surface area contributed by atoms with Crippen LogP contribution in [0.25, 0.3) is 11.3 Å². The second kappa shape index (κ2) is 5.20. The number of anilines is 1. The summed E-state index contributed by atoms with van der Waals surface area (Å²) in [5.74, 6) is 0.123. The molecule has 0 saturated carbocycles. The number of fused-ring (bicyclic) bond motifs is 1. The largest absolute Gasteiger partial charge is 1.00 e. The molecule has 0 atom stereocenters. The molecule has 3 nitrogen and oxygen atoms in total. The van der Waals surface area contributed by atoms with E-state index in [0.29, 0.717) is 0 Å². The minimum atomic E-state index is 0. The molecule has 18 heavy (non-hydrogen) atoms. The lowest BCUT2D eigenvalue weighted by Gasteiger charge is -1.99. The standard InChI is InChI=1S/C13H13N2OS.BrH/c1-10(16)14-7-8-15-12(9-17-13(14)15)11-5-3-2-4-6-11;/h2-6,9H,7-8H2,1H3;1H/q+1;/p-1. The second-order valence-corrected chi connectivity index (χ2v) is 4.93. The van der Waals surface area contributed by atoms with Crippen LogP contribution in [0.4, 0.5) is 5.13 Å². The third-order valence-electron chi connectivity index (χ3n) is 3.03. The Morgan fingerprint density at radius 1 is 1.33 bits per heavy atom. The van der Waals surface area contributed by atoms with Gasteiger partial charge in [0.25, 0.3) is 0 Å². The van der Waals surface area contributed by atoms with E-state index in [1.54, 1.807) is 18.3 Å². The van der Waals surface area contributed by atoms with E-state index in [1.165, 1.54) is 11.3 Å². The maximum absolute atomic E-state index is 11.5. The Hall–Kier alpha value is -1.20. The van der Waals surface area contributed by atoms with Crippen LogP contribution in [-0.4, -0.2) is 12.5 Å². The molecule has 0 saturated heterocycles. The highest BCUT2D eigenvalue weighted by atomic mass is 79.9. The molecule has 1 aromatic carbocycles. The second-order valence-electron chi connectivity index (χ2n) is 4.09. The van der Waals surface area contributed by atoms with E-state index >= 15 is 0 Å². The molecule has 1 aliphatic heterocycles. The molecule has 3 rings (SSSR count). The van der Waals surface area contributed by atoms with Crippen LogP contribution in [0.1, 0.15) is 6.92 Å². The Labute approximate surface area is 120 Å².